The standard InChI is InChI=1S/C31H28FNO6S/c1-4-37-25-16-21(10-15-24(25)39-18-20-8-13-23(32)14-9-20)17-26-28(34)27(31(36)38-5-2)30(40-26)33-29(35)22-11-6-19(3)7-12-22/h6-17,34H,4-5,18H2,1-3H3/b26-17-,33-30?. The Morgan fingerprint density at radius 2 is 1.68 bits per heavy atom. The van der Waals surface area contributed by atoms with Gasteiger partial charge in [0.05, 0.1) is 18.1 Å². The van der Waals surface area contributed by atoms with E-state index in [4.69, 9.17) is 14.2 Å². The van der Waals surface area contributed by atoms with Crippen LogP contribution in [0.1, 0.15) is 40.9 Å². The van der Waals surface area contributed by atoms with Gasteiger partial charge in [0.1, 0.15) is 28.8 Å². The van der Waals surface area contributed by atoms with Crippen molar-refractivity contribution >= 4 is 34.8 Å². The van der Waals surface area contributed by atoms with Crippen LogP contribution in [0.3, 0.4) is 0 Å². The Labute approximate surface area is 236 Å². The molecule has 0 bridgehead atoms. The van der Waals surface area contributed by atoms with Crippen molar-refractivity contribution < 1.29 is 33.3 Å². The van der Waals surface area contributed by atoms with Crippen LogP contribution in [0.2, 0.25) is 0 Å². The van der Waals surface area contributed by atoms with E-state index in [1.54, 1.807) is 67.6 Å². The van der Waals surface area contributed by atoms with Crippen molar-refractivity contribution in [3.8, 4) is 11.5 Å². The molecule has 206 valence electrons. The molecule has 40 heavy (non-hydrogen) atoms. The number of aliphatic hydroxyl groups is 1. The zero-order valence-corrected chi connectivity index (χ0v) is 23.1. The van der Waals surface area contributed by atoms with Crippen molar-refractivity contribution in [2.24, 2.45) is 4.99 Å². The maximum atomic E-state index is 13.2. The van der Waals surface area contributed by atoms with E-state index in [1.165, 1.54) is 12.1 Å². The van der Waals surface area contributed by atoms with Gasteiger partial charge in [-0.1, -0.05) is 47.7 Å². The van der Waals surface area contributed by atoms with Crippen LogP contribution in [-0.4, -0.2) is 35.2 Å². The molecule has 0 unspecified atom stereocenters. The van der Waals surface area contributed by atoms with Crippen LogP contribution in [0.15, 0.2) is 88.0 Å². The molecule has 4 rings (SSSR count). The van der Waals surface area contributed by atoms with Crippen molar-refractivity contribution in [2.45, 2.75) is 27.4 Å². The van der Waals surface area contributed by atoms with E-state index >= 15 is 0 Å². The van der Waals surface area contributed by atoms with Crippen LogP contribution in [0.4, 0.5) is 4.39 Å². The van der Waals surface area contributed by atoms with Gasteiger partial charge in [-0.25, -0.2) is 14.2 Å². The lowest BCUT2D eigenvalue weighted by atomic mass is 10.1. The number of benzene rings is 3. The summed E-state index contributed by atoms with van der Waals surface area (Å²) in [4.78, 5) is 30.0. The fourth-order valence-electron chi connectivity index (χ4n) is 3.74. The second-order valence-corrected chi connectivity index (χ2v) is 9.73. The normalized spacial score (nSPS) is 15.0. The molecule has 3 aromatic rings. The van der Waals surface area contributed by atoms with E-state index < -0.39 is 11.9 Å². The summed E-state index contributed by atoms with van der Waals surface area (Å²) < 4.78 is 30.0. The highest BCUT2D eigenvalue weighted by Gasteiger charge is 2.34. The number of aliphatic imine (C=N–C) groups is 1. The first-order valence-corrected chi connectivity index (χ1v) is 13.4. The lowest BCUT2D eigenvalue weighted by Gasteiger charge is -2.13. The van der Waals surface area contributed by atoms with Crippen LogP contribution in [0.5, 0.6) is 11.5 Å². The first-order valence-electron chi connectivity index (χ1n) is 12.6. The molecule has 1 heterocycles. The van der Waals surface area contributed by atoms with Gasteiger partial charge in [0, 0.05) is 5.56 Å². The first-order chi connectivity index (χ1) is 19.3. The van der Waals surface area contributed by atoms with E-state index in [2.05, 4.69) is 4.99 Å². The number of halogens is 1. The van der Waals surface area contributed by atoms with Gasteiger partial charge in [0.2, 0.25) is 0 Å². The molecule has 0 aliphatic carbocycles. The highest BCUT2D eigenvalue weighted by molar-refractivity contribution is 8.18. The minimum absolute atomic E-state index is 0.0528. The minimum Gasteiger partial charge on any atom is -0.506 e. The smallest absolute Gasteiger partial charge is 0.344 e. The number of thioether (sulfide) groups is 1. The summed E-state index contributed by atoms with van der Waals surface area (Å²) >= 11 is 0.997. The monoisotopic (exact) mass is 561 g/mol. The van der Waals surface area contributed by atoms with Crippen LogP contribution in [-0.2, 0) is 16.1 Å². The van der Waals surface area contributed by atoms with Crippen LogP contribution in [0, 0.1) is 12.7 Å². The quantitative estimate of drug-likeness (QED) is 0.287. The van der Waals surface area contributed by atoms with E-state index in [0.29, 0.717) is 34.1 Å². The third kappa shape index (κ3) is 6.98. The van der Waals surface area contributed by atoms with Crippen molar-refractivity contribution in [3.05, 3.63) is 111 Å². The fraction of sp³-hybridized carbons (Fsp3) is 0.194. The number of aliphatic hydroxyl groups excluding tert-OH is 1. The van der Waals surface area contributed by atoms with Crippen molar-refractivity contribution in [1.29, 1.82) is 0 Å². The molecule has 7 nitrogen and oxygen atoms in total. The number of rotatable bonds is 9. The number of aryl methyl sites for hydroxylation is 1. The molecule has 1 N–H and O–H groups in total. The highest BCUT2D eigenvalue weighted by atomic mass is 32.2. The lowest BCUT2D eigenvalue weighted by Crippen LogP contribution is -2.14. The number of carbonyl (C=O) groups is 2. The van der Waals surface area contributed by atoms with Gasteiger partial charge in [-0.15, -0.1) is 0 Å². The maximum absolute atomic E-state index is 13.2. The van der Waals surface area contributed by atoms with Gasteiger partial charge >= 0.3 is 5.97 Å². The molecule has 3 aromatic carbocycles. The molecule has 1 amide bonds. The van der Waals surface area contributed by atoms with Gasteiger partial charge < -0.3 is 19.3 Å². The molecule has 1 aliphatic heterocycles. The van der Waals surface area contributed by atoms with E-state index in [-0.39, 0.29) is 35.4 Å². The van der Waals surface area contributed by atoms with Crippen molar-refractivity contribution in [3.63, 3.8) is 0 Å². The van der Waals surface area contributed by atoms with E-state index in [0.717, 1.165) is 22.9 Å². The van der Waals surface area contributed by atoms with Crippen LogP contribution < -0.4 is 9.47 Å². The lowest BCUT2D eigenvalue weighted by molar-refractivity contribution is -0.138. The Morgan fingerprint density at radius 3 is 2.35 bits per heavy atom. The number of carbonyl (C=O) groups excluding carboxylic acids is 2. The topological polar surface area (TPSA) is 94.4 Å². The summed E-state index contributed by atoms with van der Waals surface area (Å²) in [6.45, 7) is 6.10. The van der Waals surface area contributed by atoms with Crippen LogP contribution in [0.25, 0.3) is 6.08 Å². The molecular formula is C31H28FNO6S. The summed E-state index contributed by atoms with van der Waals surface area (Å²) in [6, 6.07) is 18.1. The Hall–Kier alpha value is -4.37. The fourth-order valence-corrected chi connectivity index (χ4v) is 4.75. The number of ether oxygens (including phenoxy) is 3. The Morgan fingerprint density at radius 1 is 0.950 bits per heavy atom. The molecule has 0 saturated carbocycles. The average Bonchev–Trinajstić information content (AvgIpc) is 3.23. The minimum atomic E-state index is -0.772. The summed E-state index contributed by atoms with van der Waals surface area (Å²) in [5.74, 6) is -0.999. The Balaban J connectivity index is 1.62. The molecule has 9 heteroatoms. The van der Waals surface area contributed by atoms with Crippen molar-refractivity contribution in [2.75, 3.05) is 13.2 Å². The zero-order chi connectivity index (χ0) is 28.6. The number of nitrogens with zero attached hydrogens (tertiary/aromatic N) is 1. The van der Waals surface area contributed by atoms with E-state index in [9.17, 15) is 19.1 Å². The maximum Gasteiger partial charge on any atom is 0.344 e. The predicted molar refractivity (Wildman–Crippen MR) is 153 cm³/mol. The van der Waals surface area contributed by atoms with Gasteiger partial charge in [-0.05, 0) is 74.4 Å². The number of esters is 1. The number of hydrogen-bond acceptors (Lipinski definition) is 7. The van der Waals surface area contributed by atoms with Gasteiger partial charge in [0.25, 0.3) is 5.91 Å². The van der Waals surface area contributed by atoms with E-state index in [1.807, 2.05) is 13.8 Å². The summed E-state index contributed by atoms with van der Waals surface area (Å²) in [7, 11) is 0. The summed E-state index contributed by atoms with van der Waals surface area (Å²) in [6.07, 6.45) is 1.66. The van der Waals surface area contributed by atoms with Gasteiger partial charge in [-0.3, -0.25) is 4.79 Å². The first kappa shape index (κ1) is 28.6. The molecule has 0 atom stereocenters. The Kier molecular flexibility index (Phi) is 9.39. The summed E-state index contributed by atoms with van der Waals surface area (Å²) in [5.41, 5.74) is 2.64. The highest BCUT2D eigenvalue weighted by Crippen LogP contribution is 2.40. The number of hydrogen-bond donors (Lipinski definition) is 1. The SMILES string of the molecule is CCOC(=O)C1=C(O)/C(=C/c2ccc(OCc3ccc(F)cc3)c(OCC)c2)SC1=NC(=O)c1ccc(C)cc1. The average molecular weight is 562 g/mol. The van der Waals surface area contributed by atoms with Gasteiger partial charge in [-0.2, -0.15) is 0 Å². The second-order valence-electron chi connectivity index (χ2n) is 8.70. The molecule has 0 aromatic heterocycles. The predicted octanol–water partition coefficient (Wildman–Crippen LogP) is 6.81. The third-order valence-electron chi connectivity index (χ3n) is 5.74. The molecule has 0 fully saturated rings. The molecule has 1 aliphatic rings. The summed E-state index contributed by atoms with van der Waals surface area (Å²) in [5, 5.41) is 11.0. The molecular weight excluding hydrogens is 533 g/mol. The molecule has 0 saturated heterocycles. The number of amides is 1. The second kappa shape index (κ2) is 13.1. The molecule has 0 radical (unpaired) electrons. The third-order valence-corrected chi connectivity index (χ3v) is 6.76. The zero-order valence-electron chi connectivity index (χ0n) is 22.3. The molecule has 0 spiro atoms. The Bertz CT molecular complexity index is 1490. The van der Waals surface area contributed by atoms with Gasteiger partial charge in [0.15, 0.2) is 11.5 Å². The van der Waals surface area contributed by atoms with Crippen LogP contribution >= 0.6 is 11.8 Å². The largest absolute Gasteiger partial charge is 0.506 e. The van der Waals surface area contributed by atoms with Crippen molar-refractivity contribution in [1.82, 2.24) is 0 Å².